The molecule has 4 rings (SSSR count). The summed E-state index contributed by atoms with van der Waals surface area (Å²) < 4.78 is 11.4. The number of benzene rings is 3. The maximum absolute atomic E-state index is 13.9. The molecule has 0 aliphatic carbocycles. The molecule has 0 radical (unpaired) electrons. The molecule has 34 heavy (non-hydrogen) atoms. The highest BCUT2D eigenvalue weighted by atomic mass is 16.5. The van der Waals surface area contributed by atoms with Gasteiger partial charge < -0.3 is 14.4 Å². The van der Waals surface area contributed by atoms with Crippen molar-refractivity contribution < 1.29 is 19.1 Å². The van der Waals surface area contributed by atoms with Gasteiger partial charge in [0.25, 0.3) is 11.8 Å². The van der Waals surface area contributed by atoms with Gasteiger partial charge in [-0.2, -0.15) is 0 Å². The molecule has 3 aromatic carbocycles. The highest BCUT2D eigenvalue weighted by molar-refractivity contribution is 6.46. The molecule has 0 saturated heterocycles. The largest absolute Gasteiger partial charge is 0.496 e. The van der Waals surface area contributed by atoms with Crippen LogP contribution in [0.2, 0.25) is 0 Å². The summed E-state index contributed by atoms with van der Waals surface area (Å²) in [6.45, 7) is 2.96. The summed E-state index contributed by atoms with van der Waals surface area (Å²) in [5.41, 5.74) is 2.67. The lowest BCUT2D eigenvalue weighted by atomic mass is 10.0. The van der Waals surface area contributed by atoms with Crippen LogP contribution in [0.1, 0.15) is 24.5 Å². The molecule has 0 N–H and O–H groups in total. The van der Waals surface area contributed by atoms with E-state index in [0.717, 1.165) is 12.0 Å². The van der Waals surface area contributed by atoms with Gasteiger partial charge in [0.2, 0.25) is 0 Å². The van der Waals surface area contributed by atoms with Crippen LogP contribution in [0.5, 0.6) is 11.5 Å². The van der Waals surface area contributed by atoms with Crippen molar-refractivity contribution in [2.75, 3.05) is 25.7 Å². The molecule has 1 heterocycles. The molecule has 1 aliphatic rings. The zero-order valence-corrected chi connectivity index (χ0v) is 19.7. The number of hydrogen-bond donors (Lipinski definition) is 0. The van der Waals surface area contributed by atoms with E-state index in [-0.39, 0.29) is 0 Å². The van der Waals surface area contributed by atoms with Gasteiger partial charge in [-0.3, -0.25) is 9.59 Å². The fraction of sp³-hybridized carbons (Fsp3) is 0.214. The molecule has 0 unspecified atom stereocenters. The lowest BCUT2D eigenvalue weighted by molar-refractivity contribution is -0.120. The Balaban J connectivity index is 1.83. The number of nitrogens with zero attached hydrogens (tertiary/aromatic N) is 2. The Hall–Kier alpha value is -4.06. The summed E-state index contributed by atoms with van der Waals surface area (Å²) in [5, 5.41) is 0. The Kier molecular flexibility index (Phi) is 6.97. The van der Waals surface area contributed by atoms with Crippen molar-refractivity contribution in [2.45, 2.75) is 19.9 Å². The third-order valence-electron chi connectivity index (χ3n) is 5.65. The number of anilines is 1. The van der Waals surface area contributed by atoms with E-state index in [1.54, 1.807) is 37.4 Å². The van der Waals surface area contributed by atoms with E-state index in [9.17, 15) is 9.59 Å². The normalized spacial score (nSPS) is 13.4. The minimum atomic E-state index is -0.406. The smallest absolute Gasteiger partial charge is 0.282 e. The molecule has 0 aromatic heterocycles. The van der Waals surface area contributed by atoms with Crippen LogP contribution in [0.4, 0.5) is 5.69 Å². The van der Waals surface area contributed by atoms with E-state index in [1.807, 2.05) is 67.4 Å². The predicted molar refractivity (Wildman–Crippen MR) is 133 cm³/mol. The van der Waals surface area contributed by atoms with E-state index < -0.39 is 11.8 Å². The lowest BCUT2D eigenvalue weighted by Gasteiger charge is -2.22. The zero-order valence-electron chi connectivity index (χ0n) is 19.7. The molecule has 0 spiro atoms. The maximum atomic E-state index is 13.9. The Labute approximate surface area is 200 Å². The number of methoxy groups -OCH3 is 1. The number of para-hydroxylation sites is 3. The zero-order chi connectivity index (χ0) is 24.1. The topological polar surface area (TPSA) is 59.1 Å². The summed E-state index contributed by atoms with van der Waals surface area (Å²) in [4.78, 5) is 30.8. The first-order valence-corrected chi connectivity index (χ1v) is 11.3. The molecule has 0 bridgehead atoms. The average Bonchev–Trinajstić information content (AvgIpc) is 3.13. The lowest BCUT2D eigenvalue weighted by Crippen LogP contribution is -2.34. The Morgan fingerprint density at radius 1 is 0.824 bits per heavy atom. The monoisotopic (exact) mass is 456 g/mol. The van der Waals surface area contributed by atoms with Gasteiger partial charge in [-0.25, -0.2) is 4.90 Å². The standard InChI is InChI=1S/C28H28N2O4/c1-4-18-34-24-17-11-9-15-22(24)30-27(31)25(21-14-8-10-16-23(21)33-3)26(28(30)32)29(2)19-20-12-6-5-7-13-20/h5-17H,4,18-19H2,1-3H3. The van der Waals surface area contributed by atoms with Crippen LogP contribution in [-0.4, -0.2) is 37.5 Å². The molecule has 0 atom stereocenters. The van der Waals surface area contributed by atoms with Crippen molar-refractivity contribution in [3.63, 3.8) is 0 Å². The van der Waals surface area contributed by atoms with Gasteiger partial charge in [0, 0.05) is 19.2 Å². The van der Waals surface area contributed by atoms with Crippen molar-refractivity contribution in [1.29, 1.82) is 0 Å². The van der Waals surface area contributed by atoms with Gasteiger partial charge in [0.15, 0.2) is 0 Å². The summed E-state index contributed by atoms with van der Waals surface area (Å²) in [6.07, 6.45) is 0.812. The minimum Gasteiger partial charge on any atom is -0.496 e. The minimum absolute atomic E-state index is 0.311. The summed E-state index contributed by atoms with van der Waals surface area (Å²) in [5.74, 6) is 0.230. The molecule has 6 nitrogen and oxygen atoms in total. The van der Waals surface area contributed by atoms with E-state index >= 15 is 0 Å². The molecule has 3 aromatic rings. The maximum Gasteiger partial charge on any atom is 0.282 e. The summed E-state index contributed by atoms with van der Waals surface area (Å²) in [7, 11) is 3.38. The predicted octanol–water partition coefficient (Wildman–Crippen LogP) is 4.90. The van der Waals surface area contributed by atoms with Crippen molar-refractivity contribution >= 4 is 23.1 Å². The third-order valence-corrected chi connectivity index (χ3v) is 5.65. The number of likely N-dealkylation sites (N-methyl/N-ethyl adjacent to an activating group) is 1. The van der Waals surface area contributed by atoms with Crippen molar-refractivity contribution in [3.8, 4) is 11.5 Å². The third kappa shape index (κ3) is 4.39. The van der Waals surface area contributed by atoms with Crippen LogP contribution in [0, 0.1) is 0 Å². The second-order valence-electron chi connectivity index (χ2n) is 8.03. The SMILES string of the molecule is CCCOc1ccccc1N1C(=O)C(c2ccccc2OC)=C(N(C)Cc2ccccc2)C1=O. The van der Waals surface area contributed by atoms with E-state index in [4.69, 9.17) is 9.47 Å². The van der Waals surface area contributed by atoms with Crippen LogP contribution in [-0.2, 0) is 16.1 Å². The number of rotatable bonds is 9. The summed E-state index contributed by atoms with van der Waals surface area (Å²) >= 11 is 0. The molecule has 174 valence electrons. The first-order chi connectivity index (χ1) is 16.6. The van der Waals surface area contributed by atoms with Gasteiger partial charge in [-0.15, -0.1) is 0 Å². The van der Waals surface area contributed by atoms with E-state index in [2.05, 4.69) is 0 Å². The number of amides is 2. The van der Waals surface area contributed by atoms with E-state index in [0.29, 0.717) is 47.2 Å². The van der Waals surface area contributed by atoms with Crippen molar-refractivity contribution in [3.05, 3.63) is 95.7 Å². The van der Waals surface area contributed by atoms with Gasteiger partial charge >= 0.3 is 0 Å². The highest BCUT2D eigenvalue weighted by Gasteiger charge is 2.43. The van der Waals surface area contributed by atoms with Gasteiger partial charge in [-0.05, 0) is 30.2 Å². The molecule has 1 aliphatic heterocycles. The number of carbonyl (C=O) groups is 2. The Morgan fingerprint density at radius 2 is 1.47 bits per heavy atom. The fourth-order valence-electron chi connectivity index (χ4n) is 4.10. The first kappa shape index (κ1) is 23.1. The number of carbonyl (C=O) groups excluding carboxylic acids is 2. The average molecular weight is 457 g/mol. The first-order valence-electron chi connectivity index (χ1n) is 11.3. The Bertz CT molecular complexity index is 1220. The van der Waals surface area contributed by atoms with Gasteiger partial charge in [0.1, 0.15) is 17.2 Å². The Morgan fingerprint density at radius 3 is 2.18 bits per heavy atom. The van der Waals surface area contributed by atoms with E-state index in [1.165, 1.54) is 4.90 Å². The van der Waals surface area contributed by atoms with Gasteiger partial charge in [0.05, 0.1) is 25.0 Å². The van der Waals surface area contributed by atoms with Crippen LogP contribution in [0.25, 0.3) is 5.57 Å². The highest BCUT2D eigenvalue weighted by Crippen LogP contribution is 2.40. The summed E-state index contributed by atoms with van der Waals surface area (Å²) in [6, 6.07) is 24.2. The quantitative estimate of drug-likeness (QED) is 0.429. The molecule has 0 saturated carbocycles. The number of hydrogen-bond acceptors (Lipinski definition) is 5. The van der Waals surface area contributed by atoms with Crippen molar-refractivity contribution in [2.24, 2.45) is 0 Å². The number of ether oxygens (including phenoxy) is 2. The molecule has 2 amide bonds. The molecular weight excluding hydrogens is 428 g/mol. The second kappa shape index (κ2) is 10.3. The molecule has 0 fully saturated rings. The second-order valence-corrected chi connectivity index (χ2v) is 8.03. The van der Waals surface area contributed by atoms with Crippen LogP contribution in [0.3, 0.4) is 0 Å². The molecular formula is C28H28N2O4. The van der Waals surface area contributed by atoms with Crippen molar-refractivity contribution in [1.82, 2.24) is 4.90 Å². The van der Waals surface area contributed by atoms with Crippen LogP contribution in [0.15, 0.2) is 84.6 Å². The van der Waals surface area contributed by atoms with Crippen LogP contribution < -0.4 is 14.4 Å². The van der Waals surface area contributed by atoms with Gasteiger partial charge in [-0.1, -0.05) is 67.6 Å². The molecule has 6 heteroatoms. The number of imide groups is 1. The fourth-order valence-corrected chi connectivity index (χ4v) is 4.10. The van der Waals surface area contributed by atoms with Crippen LogP contribution >= 0.6 is 0 Å².